The number of hydrogen-bond acceptors (Lipinski definition) is 4. The smallest absolute Gasteiger partial charge is 0.338 e. The monoisotopic (exact) mass is 367 g/mol. The molecule has 1 heterocycles. The Morgan fingerprint density at radius 1 is 1.07 bits per heavy atom. The number of carbonyl (C=O) groups excluding carboxylic acids is 2. The number of esters is 1. The third-order valence-electron chi connectivity index (χ3n) is 4.23. The lowest BCUT2D eigenvalue weighted by atomic mass is 10.1. The van der Waals surface area contributed by atoms with Gasteiger partial charge in [-0.15, -0.1) is 0 Å². The molecule has 0 unspecified atom stereocenters. The molecule has 1 aromatic heterocycles. The summed E-state index contributed by atoms with van der Waals surface area (Å²) >= 11 is 0. The molecule has 0 aliphatic carbocycles. The number of hydrogen-bond donors (Lipinski definition) is 1. The Labute approximate surface area is 155 Å². The normalized spacial score (nSPS) is 10.6. The minimum Gasteiger partial charge on any atom is -0.508 e. The van der Waals surface area contributed by atoms with Crippen LogP contribution >= 0.6 is 0 Å². The number of carbonyl (C=O) groups is 2. The van der Waals surface area contributed by atoms with E-state index in [1.165, 1.54) is 36.4 Å². The fraction of sp³-hybridized carbons (Fsp3) is 0.143. The van der Waals surface area contributed by atoms with E-state index in [1.807, 2.05) is 11.5 Å². The molecule has 0 saturated carbocycles. The molecule has 0 saturated heterocycles. The van der Waals surface area contributed by atoms with Gasteiger partial charge in [0.05, 0.1) is 5.56 Å². The first-order valence-corrected chi connectivity index (χ1v) is 8.31. The van der Waals surface area contributed by atoms with Gasteiger partial charge in [-0.1, -0.05) is 6.07 Å². The maximum Gasteiger partial charge on any atom is 0.338 e. The van der Waals surface area contributed by atoms with Crippen molar-refractivity contribution in [1.82, 2.24) is 4.57 Å². The topological polar surface area (TPSA) is 68.5 Å². The fourth-order valence-electron chi connectivity index (χ4n) is 2.96. The number of ether oxygens (including phenoxy) is 1. The Kier molecular flexibility index (Phi) is 5.07. The third kappa shape index (κ3) is 3.89. The molecule has 1 N–H and O–H groups in total. The molecule has 0 radical (unpaired) electrons. The van der Waals surface area contributed by atoms with Gasteiger partial charge in [-0.2, -0.15) is 0 Å². The van der Waals surface area contributed by atoms with Gasteiger partial charge in [0, 0.05) is 22.6 Å². The lowest BCUT2D eigenvalue weighted by Gasteiger charge is -2.10. The van der Waals surface area contributed by atoms with Crippen LogP contribution in [0.2, 0.25) is 0 Å². The van der Waals surface area contributed by atoms with Gasteiger partial charge in [-0.05, 0) is 62.4 Å². The van der Waals surface area contributed by atoms with Crippen molar-refractivity contribution < 1.29 is 23.8 Å². The molecule has 6 heteroatoms. The Morgan fingerprint density at radius 3 is 2.44 bits per heavy atom. The summed E-state index contributed by atoms with van der Waals surface area (Å²) in [5.74, 6) is -1.42. The van der Waals surface area contributed by atoms with E-state index in [9.17, 15) is 19.1 Å². The van der Waals surface area contributed by atoms with Crippen molar-refractivity contribution in [3.05, 3.63) is 82.9 Å². The summed E-state index contributed by atoms with van der Waals surface area (Å²) in [4.78, 5) is 24.5. The molecule has 0 bridgehead atoms. The van der Waals surface area contributed by atoms with Gasteiger partial charge < -0.3 is 14.4 Å². The number of rotatable bonds is 5. The summed E-state index contributed by atoms with van der Waals surface area (Å²) < 4.78 is 20.1. The zero-order valence-corrected chi connectivity index (χ0v) is 14.9. The molecule has 138 valence electrons. The molecule has 0 aliphatic rings. The van der Waals surface area contributed by atoms with Crippen LogP contribution in [0.3, 0.4) is 0 Å². The van der Waals surface area contributed by atoms with Gasteiger partial charge in [0.15, 0.2) is 6.61 Å². The molecule has 3 aromatic rings. The first kappa shape index (κ1) is 18.4. The highest BCUT2D eigenvalue weighted by Gasteiger charge is 2.18. The van der Waals surface area contributed by atoms with Crippen LogP contribution in [-0.2, 0) is 4.74 Å². The number of Topliss-reactive ketones (excluding diaryl/α,β-unsaturated/α-hetero) is 1. The Bertz CT molecular complexity index is 1010. The van der Waals surface area contributed by atoms with Crippen molar-refractivity contribution >= 4 is 11.8 Å². The van der Waals surface area contributed by atoms with Crippen LogP contribution in [0.15, 0.2) is 54.6 Å². The predicted molar refractivity (Wildman–Crippen MR) is 97.9 cm³/mol. The Morgan fingerprint density at radius 2 is 1.78 bits per heavy atom. The van der Waals surface area contributed by atoms with Gasteiger partial charge >= 0.3 is 5.97 Å². The van der Waals surface area contributed by atoms with Crippen molar-refractivity contribution in [3.8, 4) is 11.4 Å². The van der Waals surface area contributed by atoms with Crippen molar-refractivity contribution in [2.75, 3.05) is 6.61 Å². The minimum absolute atomic E-state index is 0.0568. The van der Waals surface area contributed by atoms with Crippen molar-refractivity contribution in [2.45, 2.75) is 13.8 Å². The largest absolute Gasteiger partial charge is 0.508 e. The summed E-state index contributed by atoms with van der Waals surface area (Å²) in [6, 6.07) is 13.4. The molecule has 0 fully saturated rings. The van der Waals surface area contributed by atoms with E-state index in [2.05, 4.69) is 0 Å². The molecular formula is C21H18FNO4. The van der Waals surface area contributed by atoms with E-state index in [-0.39, 0.29) is 22.9 Å². The van der Waals surface area contributed by atoms with E-state index in [4.69, 9.17) is 4.74 Å². The molecule has 2 aromatic carbocycles. The van der Waals surface area contributed by atoms with Gasteiger partial charge in [0.25, 0.3) is 0 Å². The molecule has 0 spiro atoms. The number of aryl methyl sites for hydroxylation is 1. The molecule has 0 amide bonds. The third-order valence-corrected chi connectivity index (χ3v) is 4.23. The van der Waals surface area contributed by atoms with Crippen LogP contribution in [-0.4, -0.2) is 28.0 Å². The molecule has 27 heavy (non-hydrogen) atoms. The summed E-state index contributed by atoms with van der Waals surface area (Å²) in [6.07, 6.45) is 0. The quantitative estimate of drug-likeness (QED) is 0.547. The number of nitrogens with zero attached hydrogens (tertiary/aromatic N) is 1. The first-order valence-electron chi connectivity index (χ1n) is 8.31. The van der Waals surface area contributed by atoms with Crippen LogP contribution in [0.25, 0.3) is 5.69 Å². The van der Waals surface area contributed by atoms with E-state index < -0.39 is 12.6 Å². The van der Waals surface area contributed by atoms with Gasteiger partial charge in [-0.25, -0.2) is 9.18 Å². The number of phenols is 1. The predicted octanol–water partition coefficient (Wildman–Crippen LogP) is 3.98. The number of aromatic hydroxyl groups is 1. The lowest BCUT2D eigenvalue weighted by molar-refractivity contribution is 0.0474. The summed E-state index contributed by atoms with van der Waals surface area (Å²) in [5.41, 5.74) is 2.82. The summed E-state index contributed by atoms with van der Waals surface area (Å²) in [6.45, 7) is 3.20. The molecule has 0 atom stereocenters. The zero-order chi connectivity index (χ0) is 19.6. The highest BCUT2D eigenvalue weighted by molar-refractivity contribution is 6.00. The van der Waals surface area contributed by atoms with E-state index >= 15 is 0 Å². The van der Waals surface area contributed by atoms with Gasteiger partial charge in [-0.3, -0.25) is 4.79 Å². The number of halogens is 1. The highest BCUT2D eigenvalue weighted by atomic mass is 19.1. The van der Waals surface area contributed by atoms with E-state index in [1.54, 1.807) is 25.1 Å². The highest BCUT2D eigenvalue weighted by Crippen LogP contribution is 2.22. The van der Waals surface area contributed by atoms with Gasteiger partial charge in [0.1, 0.15) is 11.6 Å². The van der Waals surface area contributed by atoms with Crippen molar-refractivity contribution in [3.63, 3.8) is 0 Å². The number of aromatic nitrogens is 1. The molecule has 0 aliphatic heterocycles. The minimum atomic E-state index is -0.688. The van der Waals surface area contributed by atoms with Crippen molar-refractivity contribution in [2.24, 2.45) is 0 Å². The molecule has 5 nitrogen and oxygen atoms in total. The van der Waals surface area contributed by atoms with Crippen LogP contribution in [0.1, 0.15) is 32.1 Å². The number of benzene rings is 2. The maximum absolute atomic E-state index is 13.2. The van der Waals surface area contributed by atoms with Gasteiger partial charge in [0.2, 0.25) is 5.78 Å². The average molecular weight is 367 g/mol. The Balaban J connectivity index is 1.76. The van der Waals surface area contributed by atoms with Crippen LogP contribution in [0.4, 0.5) is 4.39 Å². The van der Waals surface area contributed by atoms with E-state index in [0.717, 1.165) is 11.4 Å². The SMILES string of the molecule is Cc1cc(C(=O)COC(=O)c2cccc(O)c2)c(C)n1-c1ccc(F)cc1. The van der Waals surface area contributed by atoms with Crippen LogP contribution in [0.5, 0.6) is 5.75 Å². The second kappa shape index (κ2) is 7.45. The second-order valence-electron chi connectivity index (χ2n) is 6.15. The summed E-state index contributed by atoms with van der Waals surface area (Å²) in [5, 5.41) is 9.41. The zero-order valence-electron chi connectivity index (χ0n) is 14.9. The lowest BCUT2D eigenvalue weighted by Crippen LogP contribution is -2.15. The summed E-state index contributed by atoms with van der Waals surface area (Å²) in [7, 11) is 0. The van der Waals surface area contributed by atoms with Crippen molar-refractivity contribution in [1.29, 1.82) is 0 Å². The maximum atomic E-state index is 13.2. The standard InChI is InChI=1S/C21H18FNO4/c1-13-10-19(14(2)23(13)17-8-6-16(22)7-9-17)20(25)12-27-21(26)15-4-3-5-18(24)11-15/h3-11,24H,12H2,1-2H3. The second-order valence-corrected chi connectivity index (χ2v) is 6.15. The fourth-order valence-corrected chi connectivity index (χ4v) is 2.96. The average Bonchev–Trinajstić information content (AvgIpc) is 2.94. The first-order chi connectivity index (χ1) is 12.9. The number of phenolic OH excluding ortho intramolecular Hbond substituents is 1. The molecular weight excluding hydrogens is 349 g/mol. The van der Waals surface area contributed by atoms with E-state index in [0.29, 0.717) is 11.3 Å². The molecule has 3 rings (SSSR count). The Hall–Kier alpha value is -3.41. The van der Waals surface area contributed by atoms with Crippen LogP contribution in [0, 0.1) is 19.7 Å². The van der Waals surface area contributed by atoms with Crippen LogP contribution < -0.4 is 0 Å². The number of ketones is 1.